The summed E-state index contributed by atoms with van der Waals surface area (Å²) in [6.45, 7) is 2.07. The molecule has 27 heavy (non-hydrogen) atoms. The van der Waals surface area contributed by atoms with Crippen LogP contribution in [0, 0.1) is 0 Å². The second-order valence-electron chi connectivity index (χ2n) is 7.16. The Kier molecular flexibility index (Phi) is 4.90. The summed E-state index contributed by atoms with van der Waals surface area (Å²) in [7, 11) is 0. The number of nitrogens with one attached hydrogen (secondary N) is 1. The molecule has 6 nitrogen and oxygen atoms in total. The molecule has 4 rings (SSSR count). The molecule has 0 aliphatic carbocycles. The maximum absolute atomic E-state index is 13.0. The fourth-order valence-electron chi connectivity index (χ4n) is 3.98. The second-order valence-corrected chi connectivity index (χ2v) is 7.16. The van der Waals surface area contributed by atoms with E-state index in [1.165, 1.54) is 0 Å². The van der Waals surface area contributed by atoms with E-state index in [2.05, 4.69) is 10.3 Å². The number of ether oxygens (including phenoxy) is 1. The largest absolute Gasteiger partial charge is 0.381 e. The molecule has 2 aromatic rings. The Labute approximate surface area is 158 Å². The molecule has 2 aliphatic rings. The Morgan fingerprint density at radius 3 is 2.67 bits per heavy atom. The summed E-state index contributed by atoms with van der Waals surface area (Å²) in [5.41, 5.74) is 2.10. The van der Waals surface area contributed by atoms with Crippen LogP contribution in [0.1, 0.15) is 40.9 Å². The maximum Gasteiger partial charge on any atom is 0.254 e. The number of pyridine rings is 1. The summed E-state index contributed by atoms with van der Waals surface area (Å²) in [6, 6.07) is 13.3. The lowest BCUT2D eigenvalue weighted by Gasteiger charge is -2.44. The molecule has 1 saturated heterocycles. The SMILES string of the molecule is O=C(CC1(N2Cc3ccccc3C2=O)CCOCC1)NCc1ccccn1. The molecule has 0 atom stereocenters. The Morgan fingerprint density at radius 2 is 1.93 bits per heavy atom. The molecule has 1 fully saturated rings. The molecule has 0 unspecified atom stereocenters. The molecule has 1 aromatic carbocycles. The van der Waals surface area contributed by atoms with E-state index in [0.717, 1.165) is 16.8 Å². The number of carbonyl (C=O) groups excluding carboxylic acids is 2. The van der Waals surface area contributed by atoms with Crippen LogP contribution in [0.2, 0.25) is 0 Å². The van der Waals surface area contributed by atoms with Crippen LogP contribution in [0.15, 0.2) is 48.7 Å². The lowest BCUT2D eigenvalue weighted by molar-refractivity contribution is -0.126. The monoisotopic (exact) mass is 365 g/mol. The summed E-state index contributed by atoms with van der Waals surface area (Å²) in [5, 5.41) is 2.95. The summed E-state index contributed by atoms with van der Waals surface area (Å²) >= 11 is 0. The summed E-state index contributed by atoms with van der Waals surface area (Å²) < 4.78 is 5.53. The van der Waals surface area contributed by atoms with E-state index in [4.69, 9.17) is 4.74 Å². The Hall–Kier alpha value is -2.73. The minimum atomic E-state index is -0.497. The molecule has 3 heterocycles. The van der Waals surface area contributed by atoms with E-state index < -0.39 is 5.54 Å². The highest BCUT2D eigenvalue weighted by atomic mass is 16.5. The highest BCUT2D eigenvalue weighted by molar-refractivity contribution is 5.99. The average molecular weight is 365 g/mol. The lowest BCUT2D eigenvalue weighted by Crippen LogP contribution is -2.54. The molecule has 1 aromatic heterocycles. The van der Waals surface area contributed by atoms with Gasteiger partial charge in [-0.05, 0) is 36.6 Å². The number of hydrogen-bond acceptors (Lipinski definition) is 4. The molecule has 0 radical (unpaired) electrons. The zero-order valence-electron chi connectivity index (χ0n) is 15.2. The molecular weight excluding hydrogens is 342 g/mol. The Balaban J connectivity index is 1.49. The van der Waals surface area contributed by atoms with Crippen LogP contribution in [0.5, 0.6) is 0 Å². The van der Waals surface area contributed by atoms with Crippen molar-refractivity contribution in [3.63, 3.8) is 0 Å². The minimum absolute atomic E-state index is 0.0185. The van der Waals surface area contributed by atoms with Gasteiger partial charge in [0.1, 0.15) is 0 Å². The Morgan fingerprint density at radius 1 is 1.15 bits per heavy atom. The van der Waals surface area contributed by atoms with Crippen molar-refractivity contribution in [2.24, 2.45) is 0 Å². The van der Waals surface area contributed by atoms with Crippen molar-refractivity contribution >= 4 is 11.8 Å². The van der Waals surface area contributed by atoms with Crippen molar-refractivity contribution < 1.29 is 14.3 Å². The highest BCUT2D eigenvalue weighted by Gasteiger charge is 2.45. The zero-order chi connectivity index (χ0) is 18.7. The van der Waals surface area contributed by atoms with Crippen LogP contribution in [-0.4, -0.2) is 40.5 Å². The molecule has 140 valence electrons. The molecule has 0 saturated carbocycles. The third-order valence-corrected chi connectivity index (χ3v) is 5.50. The van der Waals surface area contributed by atoms with Gasteiger partial charge in [-0.15, -0.1) is 0 Å². The molecule has 0 bridgehead atoms. The lowest BCUT2D eigenvalue weighted by atomic mass is 9.84. The van der Waals surface area contributed by atoms with E-state index in [1.54, 1.807) is 6.20 Å². The molecule has 6 heteroatoms. The number of aromatic nitrogens is 1. The van der Waals surface area contributed by atoms with Crippen molar-refractivity contribution in [2.75, 3.05) is 13.2 Å². The van der Waals surface area contributed by atoms with Gasteiger partial charge in [0, 0.05) is 31.5 Å². The van der Waals surface area contributed by atoms with Gasteiger partial charge in [0.05, 0.1) is 24.2 Å². The first-order valence-corrected chi connectivity index (χ1v) is 9.32. The quantitative estimate of drug-likeness (QED) is 0.883. The zero-order valence-corrected chi connectivity index (χ0v) is 15.2. The van der Waals surface area contributed by atoms with E-state index in [1.807, 2.05) is 47.4 Å². The van der Waals surface area contributed by atoms with Gasteiger partial charge in [0.15, 0.2) is 0 Å². The first kappa shape index (κ1) is 17.7. The normalized spacial score (nSPS) is 18.2. The molecule has 2 aliphatic heterocycles. The van der Waals surface area contributed by atoms with Gasteiger partial charge >= 0.3 is 0 Å². The third-order valence-electron chi connectivity index (χ3n) is 5.50. The van der Waals surface area contributed by atoms with Crippen LogP contribution >= 0.6 is 0 Å². The van der Waals surface area contributed by atoms with Crippen LogP contribution in [-0.2, 0) is 22.6 Å². The van der Waals surface area contributed by atoms with Gasteiger partial charge in [-0.2, -0.15) is 0 Å². The van der Waals surface area contributed by atoms with Crippen molar-refractivity contribution in [2.45, 2.75) is 37.9 Å². The van der Waals surface area contributed by atoms with Crippen molar-refractivity contribution in [1.29, 1.82) is 0 Å². The van der Waals surface area contributed by atoms with Gasteiger partial charge in [-0.3, -0.25) is 14.6 Å². The fourth-order valence-corrected chi connectivity index (χ4v) is 3.98. The smallest absolute Gasteiger partial charge is 0.254 e. The van der Waals surface area contributed by atoms with Gasteiger partial charge in [0.25, 0.3) is 5.91 Å². The van der Waals surface area contributed by atoms with Gasteiger partial charge < -0.3 is 15.0 Å². The Bertz CT molecular complexity index is 832. The summed E-state index contributed by atoms with van der Waals surface area (Å²) in [4.78, 5) is 31.8. The first-order chi connectivity index (χ1) is 13.2. The first-order valence-electron chi connectivity index (χ1n) is 9.32. The number of hydrogen-bond donors (Lipinski definition) is 1. The number of benzene rings is 1. The van der Waals surface area contributed by atoms with Gasteiger partial charge in [0.2, 0.25) is 5.91 Å². The topological polar surface area (TPSA) is 71.5 Å². The van der Waals surface area contributed by atoms with Crippen LogP contribution < -0.4 is 5.32 Å². The average Bonchev–Trinajstić information content (AvgIpc) is 3.06. The van der Waals surface area contributed by atoms with E-state index in [0.29, 0.717) is 39.1 Å². The highest BCUT2D eigenvalue weighted by Crippen LogP contribution is 2.37. The standard InChI is InChI=1S/C21H23N3O3/c25-19(23-14-17-6-3-4-10-22-17)13-21(8-11-27-12-9-21)24-15-16-5-1-2-7-18(16)20(24)26/h1-7,10H,8-9,11-15H2,(H,23,25). The number of amides is 2. The molecule has 1 N–H and O–H groups in total. The van der Waals surface area contributed by atoms with E-state index >= 15 is 0 Å². The van der Waals surface area contributed by atoms with E-state index in [9.17, 15) is 9.59 Å². The minimum Gasteiger partial charge on any atom is -0.381 e. The van der Waals surface area contributed by atoms with Gasteiger partial charge in [-0.1, -0.05) is 24.3 Å². The van der Waals surface area contributed by atoms with Crippen molar-refractivity contribution in [3.8, 4) is 0 Å². The molecule has 2 amide bonds. The summed E-state index contributed by atoms with van der Waals surface area (Å²) in [5.74, 6) is -0.0451. The predicted octanol–water partition coefficient (Wildman–Crippen LogP) is 2.29. The molecule has 0 spiro atoms. The van der Waals surface area contributed by atoms with Crippen molar-refractivity contribution in [1.82, 2.24) is 15.2 Å². The number of fused-ring (bicyclic) bond motifs is 1. The molecular formula is C21H23N3O3. The third kappa shape index (κ3) is 3.57. The van der Waals surface area contributed by atoms with Crippen LogP contribution in [0.4, 0.5) is 0 Å². The fraction of sp³-hybridized carbons (Fsp3) is 0.381. The summed E-state index contributed by atoms with van der Waals surface area (Å²) in [6.07, 6.45) is 3.33. The van der Waals surface area contributed by atoms with Crippen LogP contribution in [0.3, 0.4) is 0 Å². The van der Waals surface area contributed by atoms with Crippen LogP contribution in [0.25, 0.3) is 0 Å². The maximum atomic E-state index is 13.0. The van der Waals surface area contributed by atoms with Crippen molar-refractivity contribution in [3.05, 3.63) is 65.5 Å². The second kappa shape index (κ2) is 7.48. The number of nitrogens with zero attached hydrogens (tertiary/aromatic N) is 2. The predicted molar refractivity (Wildman–Crippen MR) is 99.8 cm³/mol. The number of rotatable bonds is 5. The van der Waals surface area contributed by atoms with E-state index in [-0.39, 0.29) is 18.2 Å². The number of carbonyl (C=O) groups is 2. The van der Waals surface area contributed by atoms with Gasteiger partial charge in [-0.25, -0.2) is 0 Å².